The molecule has 1 fully saturated rings. The topological polar surface area (TPSA) is 104 Å². The largest absolute Gasteiger partial charge is 0.465 e. The van der Waals surface area contributed by atoms with Crippen LogP contribution in [-0.4, -0.2) is 23.1 Å². The molecule has 0 bridgehead atoms. The van der Waals surface area contributed by atoms with Gasteiger partial charge in [-0.05, 0) is 31.0 Å². The normalized spacial score (nSPS) is 21.4. The maximum atomic E-state index is 12.3. The highest BCUT2D eigenvalue weighted by Crippen LogP contribution is 2.29. The van der Waals surface area contributed by atoms with Gasteiger partial charge in [-0.25, -0.2) is 4.79 Å². The average Bonchev–Trinajstić information content (AvgIpc) is 2.81. The summed E-state index contributed by atoms with van der Waals surface area (Å²) in [7, 11) is 0. The molecule has 0 aromatic heterocycles. The number of benzene rings is 1. The lowest BCUT2D eigenvalue weighted by Crippen LogP contribution is -2.41. The van der Waals surface area contributed by atoms with Gasteiger partial charge in [-0.3, -0.25) is 4.79 Å². The van der Waals surface area contributed by atoms with Gasteiger partial charge in [0.1, 0.15) is 0 Å². The van der Waals surface area contributed by atoms with E-state index in [4.69, 9.17) is 10.8 Å². The number of nitrogens with two attached hydrogens (primary N) is 1. The molecule has 6 nitrogen and oxygen atoms in total. The summed E-state index contributed by atoms with van der Waals surface area (Å²) in [6.07, 6.45) is 1.08. The van der Waals surface area contributed by atoms with Crippen molar-refractivity contribution in [2.24, 2.45) is 5.92 Å². The maximum absolute atomic E-state index is 12.3. The second-order valence-corrected chi connectivity index (χ2v) is 5.73. The van der Waals surface area contributed by atoms with Crippen LogP contribution in [0.4, 0.5) is 16.2 Å². The SMILES string of the molecule is Nc1ccc(Br)cc1NC(=O)[C@H]1CCC[C@@H]1NC(=O)O. The van der Waals surface area contributed by atoms with Crippen molar-refractivity contribution in [2.45, 2.75) is 25.3 Å². The summed E-state index contributed by atoms with van der Waals surface area (Å²) in [5.41, 5.74) is 6.81. The van der Waals surface area contributed by atoms with Crippen LogP contribution in [0.3, 0.4) is 0 Å². The highest BCUT2D eigenvalue weighted by atomic mass is 79.9. The van der Waals surface area contributed by atoms with Crippen molar-refractivity contribution in [1.82, 2.24) is 5.32 Å². The molecule has 1 aromatic rings. The third-order valence-electron chi connectivity index (χ3n) is 3.43. The van der Waals surface area contributed by atoms with Gasteiger partial charge < -0.3 is 21.5 Å². The summed E-state index contributed by atoms with van der Waals surface area (Å²) in [5.74, 6) is -0.560. The number of amides is 2. The van der Waals surface area contributed by atoms with Crippen molar-refractivity contribution in [3.8, 4) is 0 Å². The summed E-state index contributed by atoms with van der Waals surface area (Å²) >= 11 is 3.32. The van der Waals surface area contributed by atoms with Crippen LogP contribution in [0, 0.1) is 5.92 Å². The van der Waals surface area contributed by atoms with Gasteiger partial charge in [0.05, 0.1) is 17.3 Å². The van der Waals surface area contributed by atoms with Crippen LogP contribution in [0.25, 0.3) is 0 Å². The minimum Gasteiger partial charge on any atom is -0.465 e. The number of anilines is 2. The standard InChI is InChI=1S/C13H16BrN3O3/c14-7-4-5-9(15)11(6-7)16-12(18)8-2-1-3-10(8)17-13(19)20/h4-6,8,10,17H,1-3,15H2,(H,16,18)(H,19,20)/t8-,10-/m0/s1. The molecule has 0 saturated heterocycles. The van der Waals surface area contributed by atoms with Gasteiger partial charge in [-0.2, -0.15) is 0 Å². The van der Waals surface area contributed by atoms with Crippen molar-refractivity contribution in [2.75, 3.05) is 11.1 Å². The number of nitrogens with one attached hydrogen (secondary N) is 2. The Kier molecular flexibility index (Phi) is 4.49. The first-order chi connectivity index (χ1) is 9.47. The number of hydrogen-bond acceptors (Lipinski definition) is 3. The number of carbonyl (C=O) groups is 2. The molecule has 2 atom stereocenters. The van der Waals surface area contributed by atoms with Crippen molar-refractivity contribution < 1.29 is 14.7 Å². The second kappa shape index (κ2) is 6.13. The van der Waals surface area contributed by atoms with Crippen LogP contribution in [0.5, 0.6) is 0 Å². The molecule has 7 heteroatoms. The zero-order valence-corrected chi connectivity index (χ0v) is 12.3. The summed E-state index contributed by atoms with van der Waals surface area (Å²) in [5, 5.41) is 13.9. The van der Waals surface area contributed by atoms with E-state index in [1.807, 2.05) is 0 Å². The van der Waals surface area contributed by atoms with E-state index in [2.05, 4.69) is 26.6 Å². The molecule has 2 amide bonds. The van der Waals surface area contributed by atoms with Crippen LogP contribution in [0.1, 0.15) is 19.3 Å². The Balaban J connectivity index is 2.07. The molecule has 108 valence electrons. The fourth-order valence-corrected chi connectivity index (χ4v) is 2.83. The maximum Gasteiger partial charge on any atom is 0.404 e. The van der Waals surface area contributed by atoms with Crippen molar-refractivity contribution >= 4 is 39.3 Å². The summed E-state index contributed by atoms with van der Waals surface area (Å²) in [6.45, 7) is 0. The Morgan fingerprint density at radius 1 is 1.35 bits per heavy atom. The van der Waals surface area contributed by atoms with Gasteiger partial charge in [-0.15, -0.1) is 0 Å². The molecule has 0 unspecified atom stereocenters. The third-order valence-corrected chi connectivity index (χ3v) is 3.93. The van der Waals surface area contributed by atoms with Crippen LogP contribution in [-0.2, 0) is 4.79 Å². The molecule has 1 saturated carbocycles. The molecule has 1 aliphatic rings. The predicted molar refractivity (Wildman–Crippen MR) is 79.5 cm³/mol. The van der Waals surface area contributed by atoms with Crippen molar-refractivity contribution in [3.63, 3.8) is 0 Å². The highest BCUT2D eigenvalue weighted by molar-refractivity contribution is 9.10. The van der Waals surface area contributed by atoms with E-state index < -0.39 is 6.09 Å². The average molecular weight is 342 g/mol. The number of carbonyl (C=O) groups excluding carboxylic acids is 1. The van der Waals surface area contributed by atoms with Gasteiger partial charge in [0.15, 0.2) is 0 Å². The summed E-state index contributed by atoms with van der Waals surface area (Å²) < 4.78 is 0.814. The lowest BCUT2D eigenvalue weighted by Gasteiger charge is -2.19. The first-order valence-electron chi connectivity index (χ1n) is 6.32. The zero-order chi connectivity index (χ0) is 14.7. The van der Waals surface area contributed by atoms with Crippen LogP contribution >= 0.6 is 15.9 Å². The van der Waals surface area contributed by atoms with E-state index in [-0.39, 0.29) is 17.9 Å². The Labute approximate surface area is 124 Å². The smallest absolute Gasteiger partial charge is 0.404 e. The predicted octanol–water partition coefficient (Wildman–Crippen LogP) is 2.41. The van der Waals surface area contributed by atoms with Gasteiger partial charge in [0.2, 0.25) is 5.91 Å². The molecule has 1 aromatic carbocycles. The fourth-order valence-electron chi connectivity index (χ4n) is 2.47. The second-order valence-electron chi connectivity index (χ2n) is 4.81. The van der Waals surface area contributed by atoms with E-state index in [0.717, 1.165) is 10.9 Å². The van der Waals surface area contributed by atoms with Gasteiger partial charge in [-0.1, -0.05) is 22.4 Å². The summed E-state index contributed by atoms with van der Waals surface area (Å²) in [4.78, 5) is 23.0. The lowest BCUT2D eigenvalue weighted by atomic mass is 10.0. The molecule has 1 aliphatic carbocycles. The first-order valence-corrected chi connectivity index (χ1v) is 7.12. The highest BCUT2D eigenvalue weighted by Gasteiger charge is 2.34. The van der Waals surface area contributed by atoms with E-state index in [0.29, 0.717) is 24.2 Å². The molecule has 5 N–H and O–H groups in total. The minimum absolute atomic E-state index is 0.203. The van der Waals surface area contributed by atoms with E-state index in [1.54, 1.807) is 18.2 Å². The Hall–Kier alpha value is -1.76. The molecular weight excluding hydrogens is 326 g/mol. The number of hydrogen-bond donors (Lipinski definition) is 4. The van der Waals surface area contributed by atoms with Gasteiger partial charge >= 0.3 is 6.09 Å². The molecule has 0 spiro atoms. The number of carboxylic acid groups (broad SMARTS) is 1. The molecule has 20 heavy (non-hydrogen) atoms. The summed E-state index contributed by atoms with van der Waals surface area (Å²) in [6, 6.07) is 4.87. The van der Waals surface area contributed by atoms with Crippen molar-refractivity contribution in [3.05, 3.63) is 22.7 Å². The Morgan fingerprint density at radius 3 is 2.80 bits per heavy atom. The minimum atomic E-state index is -1.10. The number of halogens is 1. The van der Waals surface area contributed by atoms with Gasteiger partial charge in [0, 0.05) is 10.5 Å². The van der Waals surface area contributed by atoms with Crippen LogP contribution in [0.2, 0.25) is 0 Å². The monoisotopic (exact) mass is 341 g/mol. The Bertz CT molecular complexity index is 536. The Morgan fingerprint density at radius 2 is 2.10 bits per heavy atom. The van der Waals surface area contributed by atoms with E-state index in [1.165, 1.54) is 0 Å². The quantitative estimate of drug-likeness (QED) is 0.633. The number of nitrogen functional groups attached to an aromatic ring is 1. The van der Waals surface area contributed by atoms with E-state index >= 15 is 0 Å². The molecular formula is C13H16BrN3O3. The van der Waals surface area contributed by atoms with Gasteiger partial charge in [0.25, 0.3) is 0 Å². The zero-order valence-electron chi connectivity index (χ0n) is 10.7. The fraction of sp³-hybridized carbons (Fsp3) is 0.385. The third kappa shape index (κ3) is 3.41. The van der Waals surface area contributed by atoms with Crippen LogP contribution < -0.4 is 16.4 Å². The van der Waals surface area contributed by atoms with Crippen LogP contribution in [0.15, 0.2) is 22.7 Å². The van der Waals surface area contributed by atoms with Crippen molar-refractivity contribution in [1.29, 1.82) is 0 Å². The first kappa shape index (κ1) is 14.6. The lowest BCUT2D eigenvalue weighted by molar-refractivity contribution is -0.120. The molecule has 0 radical (unpaired) electrons. The molecule has 0 aliphatic heterocycles. The molecule has 0 heterocycles. The number of rotatable bonds is 3. The molecule has 2 rings (SSSR count). The van der Waals surface area contributed by atoms with E-state index in [9.17, 15) is 9.59 Å².